The number of aliphatic hydroxyl groups is 2. The second-order valence-electron chi connectivity index (χ2n) is 7.68. The Hall–Kier alpha value is -2.40. The fourth-order valence-electron chi connectivity index (χ4n) is 3.95. The number of ether oxygens (including phenoxy) is 3. The van der Waals surface area contributed by atoms with Crippen LogP contribution in [-0.4, -0.2) is 105 Å². The van der Waals surface area contributed by atoms with E-state index in [0.29, 0.717) is 26.2 Å². The molecule has 0 spiro atoms. The van der Waals surface area contributed by atoms with Gasteiger partial charge >= 0.3 is 0 Å². The lowest BCUT2D eigenvalue weighted by Gasteiger charge is -2.37. The maximum Gasteiger partial charge on any atom is 0.246 e. The molecule has 31 heavy (non-hydrogen) atoms. The van der Waals surface area contributed by atoms with Gasteiger partial charge in [0.25, 0.3) is 0 Å². The van der Waals surface area contributed by atoms with Gasteiger partial charge in [0.15, 0.2) is 0 Å². The molecule has 0 unspecified atom stereocenters. The van der Waals surface area contributed by atoms with E-state index < -0.39 is 24.4 Å². The Balaban J connectivity index is 1.49. The monoisotopic (exact) mass is 437 g/mol. The second kappa shape index (κ2) is 10.8. The van der Waals surface area contributed by atoms with E-state index in [2.05, 4.69) is 10.2 Å². The standard InChI is InChI=1S/C21H31N3O7/c1-29-13-18(25)22-12-17-21(28)20(27)16(31-17)11-19(26)24-9-7-23(8-10-24)14-5-3-4-6-15(14)30-2/h3-6,16-17,20-21,27-28H,7-13H2,1-2H3,(H,22,25)/t16-,17+,20-,21+/m0/s1. The summed E-state index contributed by atoms with van der Waals surface area (Å²) in [5.41, 5.74) is 0.994. The highest BCUT2D eigenvalue weighted by atomic mass is 16.5. The summed E-state index contributed by atoms with van der Waals surface area (Å²) >= 11 is 0. The summed E-state index contributed by atoms with van der Waals surface area (Å²) in [7, 11) is 3.04. The van der Waals surface area contributed by atoms with Crippen molar-refractivity contribution in [2.75, 3.05) is 58.5 Å². The van der Waals surface area contributed by atoms with Crippen LogP contribution in [0.5, 0.6) is 5.75 Å². The smallest absolute Gasteiger partial charge is 0.246 e. The van der Waals surface area contributed by atoms with Gasteiger partial charge in [-0.3, -0.25) is 9.59 Å². The summed E-state index contributed by atoms with van der Waals surface area (Å²) in [4.78, 5) is 28.2. The number of aliphatic hydroxyl groups excluding tert-OH is 2. The molecule has 2 aliphatic heterocycles. The van der Waals surface area contributed by atoms with Crippen LogP contribution in [0, 0.1) is 0 Å². The third-order valence-electron chi connectivity index (χ3n) is 5.67. The zero-order valence-electron chi connectivity index (χ0n) is 17.9. The number of amides is 2. The third-order valence-corrected chi connectivity index (χ3v) is 5.67. The van der Waals surface area contributed by atoms with E-state index in [-0.39, 0.29) is 31.4 Å². The minimum atomic E-state index is -1.19. The van der Waals surface area contributed by atoms with Crippen molar-refractivity contribution in [3.05, 3.63) is 24.3 Å². The lowest BCUT2D eigenvalue weighted by molar-refractivity contribution is -0.136. The molecule has 3 rings (SSSR count). The molecule has 1 aromatic carbocycles. The summed E-state index contributed by atoms with van der Waals surface area (Å²) in [5, 5.41) is 23.1. The van der Waals surface area contributed by atoms with E-state index in [4.69, 9.17) is 14.2 Å². The zero-order chi connectivity index (χ0) is 22.4. The number of piperazine rings is 1. The number of anilines is 1. The van der Waals surface area contributed by atoms with Crippen molar-refractivity contribution in [1.29, 1.82) is 0 Å². The third kappa shape index (κ3) is 5.65. The van der Waals surface area contributed by atoms with Gasteiger partial charge < -0.3 is 39.5 Å². The fourth-order valence-corrected chi connectivity index (χ4v) is 3.95. The van der Waals surface area contributed by atoms with Crippen LogP contribution < -0.4 is 15.0 Å². The molecule has 2 amide bonds. The normalized spacial score (nSPS) is 26.1. The number of carbonyl (C=O) groups is 2. The van der Waals surface area contributed by atoms with Crippen molar-refractivity contribution >= 4 is 17.5 Å². The molecule has 0 aliphatic carbocycles. The molecule has 2 heterocycles. The van der Waals surface area contributed by atoms with Crippen molar-refractivity contribution in [2.24, 2.45) is 0 Å². The highest BCUT2D eigenvalue weighted by Crippen LogP contribution is 2.29. The van der Waals surface area contributed by atoms with Crippen molar-refractivity contribution in [3.63, 3.8) is 0 Å². The molecule has 10 heteroatoms. The summed E-state index contributed by atoms with van der Waals surface area (Å²) in [6.45, 7) is 2.34. The van der Waals surface area contributed by atoms with Gasteiger partial charge in [-0.2, -0.15) is 0 Å². The summed E-state index contributed by atoms with van der Waals surface area (Å²) in [5.74, 6) is 0.308. The Morgan fingerprint density at radius 2 is 1.77 bits per heavy atom. The van der Waals surface area contributed by atoms with Crippen LogP contribution in [0.2, 0.25) is 0 Å². The van der Waals surface area contributed by atoms with Crippen LogP contribution in [0.4, 0.5) is 5.69 Å². The highest BCUT2D eigenvalue weighted by Gasteiger charge is 2.44. The van der Waals surface area contributed by atoms with E-state index in [1.54, 1.807) is 12.0 Å². The molecular weight excluding hydrogens is 406 g/mol. The topological polar surface area (TPSA) is 121 Å². The van der Waals surface area contributed by atoms with Gasteiger partial charge in [0, 0.05) is 39.8 Å². The first kappa shape index (κ1) is 23.3. The molecule has 1 aromatic rings. The number of para-hydroxylation sites is 2. The van der Waals surface area contributed by atoms with E-state index in [1.165, 1.54) is 7.11 Å². The average Bonchev–Trinajstić information content (AvgIpc) is 3.05. The van der Waals surface area contributed by atoms with Gasteiger partial charge in [0.1, 0.15) is 30.7 Å². The van der Waals surface area contributed by atoms with Gasteiger partial charge in [-0.25, -0.2) is 0 Å². The van der Waals surface area contributed by atoms with Crippen molar-refractivity contribution < 1.29 is 34.0 Å². The minimum Gasteiger partial charge on any atom is -0.495 e. The highest BCUT2D eigenvalue weighted by molar-refractivity contribution is 5.78. The first-order valence-corrected chi connectivity index (χ1v) is 10.4. The Morgan fingerprint density at radius 1 is 1.10 bits per heavy atom. The van der Waals surface area contributed by atoms with Crippen LogP contribution in [0.25, 0.3) is 0 Å². The van der Waals surface area contributed by atoms with Gasteiger partial charge in [0.2, 0.25) is 11.8 Å². The van der Waals surface area contributed by atoms with Crippen molar-refractivity contribution in [2.45, 2.75) is 30.8 Å². The number of methoxy groups -OCH3 is 2. The second-order valence-corrected chi connectivity index (χ2v) is 7.68. The Kier molecular flexibility index (Phi) is 8.08. The molecule has 3 N–H and O–H groups in total. The summed E-state index contributed by atoms with van der Waals surface area (Å²) < 4.78 is 15.8. The number of nitrogens with zero attached hydrogens (tertiary/aromatic N) is 2. The van der Waals surface area contributed by atoms with E-state index in [0.717, 1.165) is 11.4 Å². The van der Waals surface area contributed by atoms with Gasteiger partial charge in [-0.1, -0.05) is 12.1 Å². The van der Waals surface area contributed by atoms with Crippen molar-refractivity contribution in [3.8, 4) is 5.75 Å². The average molecular weight is 437 g/mol. The molecule has 2 saturated heterocycles. The number of benzene rings is 1. The Morgan fingerprint density at radius 3 is 2.45 bits per heavy atom. The molecule has 4 atom stereocenters. The molecular formula is C21H31N3O7. The molecule has 172 valence electrons. The molecule has 2 aliphatic rings. The number of carbonyl (C=O) groups excluding carboxylic acids is 2. The number of nitrogens with one attached hydrogen (secondary N) is 1. The van der Waals surface area contributed by atoms with Crippen LogP contribution >= 0.6 is 0 Å². The maximum absolute atomic E-state index is 12.8. The molecule has 0 bridgehead atoms. The van der Waals surface area contributed by atoms with E-state index in [9.17, 15) is 19.8 Å². The van der Waals surface area contributed by atoms with Gasteiger partial charge in [0.05, 0.1) is 25.3 Å². The Labute approximate surface area is 181 Å². The van der Waals surface area contributed by atoms with Crippen LogP contribution in [0.3, 0.4) is 0 Å². The lowest BCUT2D eigenvalue weighted by Crippen LogP contribution is -2.50. The van der Waals surface area contributed by atoms with Crippen LogP contribution in [0.15, 0.2) is 24.3 Å². The largest absolute Gasteiger partial charge is 0.495 e. The predicted molar refractivity (Wildman–Crippen MR) is 112 cm³/mol. The van der Waals surface area contributed by atoms with Gasteiger partial charge in [-0.15, -0.1) is 0 Å². The SMILES string of the molecule is COCC(=O)NC[C@H]1O[C@@H](CC(=O)N2CCN(c3ccccc3OC)CC2)[C@H](O)[C@@H]1O. The molecule has 2 fully saturated rings. The Bertz CT molecular complexity index is 754. The number of hydrogen-bond acceptors (Lipinski definition) is 8. The summed E-state index contributed by atoms with van der Waals surface area (Å²) in [6, 6.07) is 7.77. The minimum absolute atomic E-state index is 0.0304. The molecule has 0 radical (unpaired) electrons. The van der Waals surface area contributed by atoms with Crippen LogP contribution in [-0.2, 0) is 19.1 Å². The maximum atomic E-state index is 12.8. The molecule has 10 nitrogen and oxygen atoms in total. The molecule has 0 aromatic heterocycles. The van der Waals surface area contributed by atoms with Crippen molar-refractivity contribution in [1.82, 2.24) is 10.2 Å². The van der Waals surface area contributed by atoms with E-state index in [1.807, 2.05) is 24.3 Å². The first-order valence-electron chi connectivity index (χ1n) is 10.4. The number of rotatable bonds is 8. The summed E-state index contributed by atoms with van der Waals surface area (Å²) in [6.07, 6.45) is -4.00. The zero-order valence-corrected chi connectivity index (χ0v) is 17.9. The van der Waals surface area contributed by atoms with Crippen LogP contribution in [0.1, 0.15) is 6.42 Å². The quantitative estimate of drug-likeness (QED) is 0.473. The number of hydrogen-bond donors (Lipinski definition) is 3. The molecule has 0 saturated carbocycles. The first-order chi connectivity index (χ1) is 14.9. The van der Waals surface area contributed by atoms with Gasteiger partial charge in [-0.05, 0) is 12.1 Å². The predicted octanol–water partition coefficient (Wildman–Crippen LogP) is -1.01. The fraction of sp³-hybridized carbons (Fsp3) is 0.619. The van der Waals surface area contributed by atoms with E-state index >= 15 is 0 Å². The lowest BCUT2D eigenvalue weighted by atomic mass is 10.0.